The van der Waals surface area contributed by atoms with Crippen LogP contribution in [0, 0.1) is 0 Å². The molecule has 0 aromatic rings. The first-order chi connectivity index (χ1) is 6.81. The molecule has 0 heterocycles. The van der Waals surface area contributed by atoms with Crippen molar-refractivity contribution >= 4 is 10.8 Å². The Bertz CT molecular complexity index is 197. The Morgan fingerprint density at radius 3 is 2.53 bits per heavy atom. The summed E-state index contributed by atoms with van der Waals surface area (Å²) in [5, 5.41) is 0. The minimum absolute atomic E-state index is 0.0236. The standard InChI is InChI=1S/C8H16F3NO2S/c1-7(12)5-15(13)4-2-3-14-6-8(9,10)11/h7H,2-6,12H2,1H3. The van der Waals surface area contributed by atoms with Crippen molar-refractivity contribution in [2.75, 3.05) is 24.7 Å². The van der Waals surface area contributed by atoms with E-state index in [1.807, 2.05) is 0 Å². The van der Waals surface area contributed by atoms with Crippen LogP contribution in [0.15, 0.2) is 0 Å². The van der Waals surface area contributed by atoms with Gasteiger partial charge in [-0.15, -0.1) is 0 Å². The van der Waals surface area contributed by atoms with Crippen LogP contribution in [0.3, 0.4) is 0 Å². The maximum Gasteiger partial charge on any atom is 0.411 e. The maximum absolute atomic E-state index is 11.6. The van der Waals surface area contributed by atoms with Crippen LogP contribution < -0.4 is 5.73 Å². The maximum atomic E-state index is 11.6. The molecule has 0 aliphatic rings. The van der Waals surface area contributed by atoms with Gasteiger partial charge in [-0.2, -0.15) is 13.2 Å². The molecule has 2 unspecified atom stereocenters. The SMILES string of the molecule is CC(N)CS(=O)CCCOCC(F)(F)F. The van der Waals surface area contributed by atoms with E-state index in [4.69, 9.17) is 5.73 Å². The van der Waals surface area contributed by atoms with E-state index in [1.54, 1.807) is 6.92 Å². The lowest BCUT2D eigenvalue weighted by atomic mass is 10.4. The van der Waals surface area contributed by atoms with Crippen LogP contribution in [-0.2, 0) is 15.5 Å². The van der Waals surface area contributed by atoms with Crippen molar-refractivity contribution in [2.45, 2.75) is 25.6 Å². The van der Waals surface area contributed by atoms with Crippen LogP contribution in [0.5, 0.6) is 0 Å². The molecule has 0 aromatic heterocycles. The third kappa shape index (κ3) is 11.8. The number of nitrogens with two attached hydrogens (primary N) is 1. The third-order valence-corrected chi connectivity index (χ3v) is 3.02. The second-order valence-corrected chi connectivity index (χ2v) is 4.93. The van der Waals surface area contributed by atoms with E-state index >= 15 is 0 Å². The van der Waals surface area contributed by atoms with Crippen molar-refractivity contribution in [1.82, 2.24) is 0 Å². The largest absolute Gasteiger partial charge is 0.411 e. The molecule has 0 spiro atoms. The van der Waals surface area contributed by atoms with E-state index in [9.17, 15) is 17.4 Å². The summed E-state index contributed by atoms with van der Waals surface area (Å²) in [6.07, 6.45) is -3.93. The molecule has 2 N–H and O–H groups in total. The molecule has 0 rings (SSSR count). The van der Waals surface area contributed by atoms with Gasteiger partial charge in [0.2, 0.25) is 0 Å². The van der Waals surface area contributed by atoms with Gasteiger partial charge in [0.25, 0.3) is 0 Å². The summed E-state index contributed by atoms with van der Waals surface area (Å²) in [7, 11) is -1.06. The van der Waals surface area contributed by atoms with E-state index in [-0.39, 0.29) is 12.6 Å². The second-order valence-electron chi connectivity index (χ2n) is 3.31. The average molecular weight is 247 g/mol. The smallest absolute Gasteiger partial charge is 0.372 e. The van der Waals surface area contributed by atoms with Crippen LogP contribution in [0.25, 0.3) is 0 Å². The molecule has 92 valence electrons. The van der Waals surface area contributed by atoms with Crippen molar-refractivity contribution in [3.8, 4) is 0 Å². The highest BCUT2D eigenvalue weighted by atomic mass is 32.2. The molecular weight excluding hydrogens is 231 g/mol. The van der Waals surface area contributed by atoms with Crippen LogP contribution in [-0.4, -0.2) is 41.1 Å². The number of halogens is 3. The van der Waals surface area contributed by atoms with E-state index in [0.29, 0.717) is 17.9 Å². The van der Waals surface area contributed by atoms with Gasteiger partial charge in [-0.05, 0) is 13.3 Å². The van der Waals surface area contributed by atoms with Crippen LogP contribution in [0.2, 0.25) is 0 Å². The summed E-state index contributed by atoms with van der Waals surface area (Å²) in [6.45, 7) is 0.467. The third-order valence-electron chi connectivity index (χ3n) is 1.38. The summed E-state index contributed by atoms with van der Waals surface area (Å²) in [4.78, 5) is 0. The van der Waals surface area contributed by atoms with Gasteiger partial charge in [0.1, 0.15) is 6.61 Å². The molecule has 0 aromatic carbocycles. The molecule has 2 atom stereocenters. The van der Waals surface area contributed by atoms with E-state index < -0.39 is 23.6 Å². The van der Waals surface area contributed by atoms with E-state index in [0.717, 1.165) is 0 Å². The molecule has 7 heteroatoms. The Balaban J connectivity index is 3.35. The Hall–Kier alpha value is -0.140. The lowest BCUT2D eigenvalue weighted by Gasteiger charge is -2.08. The second kappa shape index (κ2) is 7.19. The first-order valence-electron chi connectivity index (χ1n) is 4.56. The number of alkyl halides is 3. The van der Waals surface area contributed by atoms with E-state index in [1.165, 1.54) is 0 Å². The fraction of sp³-hybridized carbons (Fsp3) is 1.00. The lowest BCUT2D eigenvalue weighted by Crippen LogP contribution is -2.24. The van der Waals surface area contributed by atoms with Crippen molar-refractivity contribution in [2.24, 2.45) is 5.73 Å². The monoisotopic (exact) mass is 247 g/mol. The fourth-order valence-corrected chi connectivity index (χ4v) is 2.08. The molecule has 0 saturated carbocycles. The van der Waals surface area contributed by atoms with Gasteiger partial charge in [0, 0.05) is 35.0 Å². The summed E-state index contributed by atoms with van der Waals surface area (Å²) >= 11 is 0. The van der Waals surface area contributed by atoms with Crippen molar-refractivity contribution in [3.63, 3.8) is 0 Å². The molecule has 0 aliphatic heterocycles. The zero-order valence-electron chi connectivity index (χ0n) is 8.55. The highest BCUT2D eigenvalue weighted by molar-refractivity contribution is 7.85. The number of rotatable bonds is 7. The Morgan fingerprint density at radius 2 is 2.07 bits per heavy atom. The van der Waals surface area contributed by atoms with Gasteiger partial charge >= 0.3 is 6.18 Å². The van der Waals surface area contributed by atoms with Gasteiger partial charge in [-0.1, -0.05) is 0 Å². The minimum Gasteiger partial charge on any atom is -0.372 e. The topological polar surface area (TPSA) is 52.3 Å². The molecule has 0 saturated heterocycles. The summed E-state index contributed by atoms with van der Waals surface area (Å²) in [5.74, 6) is 0.707. The summed E-state index contributed by atoms with van der Waals surface area (Å²) in [5.41, 5.74) is 5.41. The average Bonchev–Trinajstić information content (AvgIpc) is 1.99. The Labute approximate surface area is 89.6 Å². The predicted molar refractivity (Wildman–Crippen MR) is 53.0 cm³/mol. The molecular formula is C8H16F3NO2S. The number of hydrogen-bond acceptors (Lipinski definition) is 3. The van der Waals surface area contributed by atoms with Crippen LogP contribution >= 0.6 is 0 Å². The van der Waals surface area contributed by atoms with Gasteiger partial charge in [-0.3, -0.25) is 4.21 Å². The molecule has 0 fully saturated rings. The van der Waals surface area contributed by atoms with Gasteiger partial charge in [-0.25, -0.2) is 0 Å². The van der Waals surface area contributed by atoms with Gasteiger partial charge in [0.05, 0.1) is 0 Å². The lowest BCUT2D eigenvalue weighted by molar-refractivity contribution is -0.173. The fourth-order valence-electron chi connectivity index (χ4n) is 0.886. The normalized spacial score (nSPS) is 16.3. The summed E-state index contributed by atoms with van der Waals surface area (Å²) in [6, 6.07) is -0.151. The highest BCUT2D eigenvalue weighted by Crippen LogP contribution is 2.14. The molecule has 0 aliphatic carbocycles. The number of ether oxygens (including phenoxy) is 1. The van der Waals surface area contributed by atoms with Crippen LogP contribution in [0.4, 0.5) is 13.2 Å². The van der Waals surface area contributed by atoms with Crippen LogP contribution in [0.1, 0.15) is 13.3 Å². The molecule has 3 nitrogen and oxygen atoms in total. The van der Waals surface area contributed by atoms with E-state index in [2.05, 4.69) is 4.74 Å². The predicted octanol–water partition coefficient (Wildman–Crippen LogP) is 1.05. The Kier molecular flexibility index (Phi) is 7.12. The van der Waals surface area contributed by atoms with Crippen molar-refractivity contribution in [1.29, 1.82) is 0 Å². The highest BCUT2D eigenvalue weighted by Gasteiger charge is 2.27. The quantitative estimate of drug-likeness (QED) is 0.684. The minimum atomic E-state index is -4.29. The molecule has 0 amide bonds. The van der Waals surface area contributed by atoms with Gasteiger partial charge < -0.3 is 10.5 Å². The Morgan fingerprint density at radius 1 is 1.47 bits per heavy atom. The van der Waals surface area contributed by atoms with Gasteiger partial charge in [0.15, 0.2) is 0 Å². The van der Waals surface area contributed by atoms with Crippen molar-refractivity contribution in [3.05, 3.63) is 0 Å². The molecule has 0 bridgehead atoms. The van der Waals surface area contributed by atoms with Crippen molar-refractivity contribution < 1.29 is 22.1 Å². The molecule has 15 heavy (non-hydrogen) atoms. The summed E-state index contributed by atoms with van der Waals surface area (Å²) < 4.78 is 50.4. The number of hydrogen-bond donors (Lipinski definition) is 1. The first-order valence-corrected chi connectivity index (χ1v) is 6.05. The zero-order chi connectivity index (χ0) is 11.9. The zero-order valence-corrected chi connectivity index (χ0v) is 9.37. The molecule has 0 radical (unpaired) electrons. The first kappa shape index (κ1) is 14.9.